The van der Waals surface area contributed by atoms with Gasteiger partial charge in [-0.15, -0.1) is 0 Å². The van der Waals surface area contributed by atoms with E-state index in [2.05, 4.69) is 25.8 Å². The summed E-state index contributed by atoms with van der Waals surface area (Å²) in [5.74, 6) is -0.416. The van der Waals surface area contributed by atoms with Gasteiger partial charge in [0.15, 0.2) is 0 Å². The number of nitrogens with one attached hydrogen (secondary N) is 1. The van der Waals surface area contributed by atoms with E-state index >= 15 is 0 Å². The van der Waals surface area contributed by atoms with Crippen molar-refractivity contribution in [1.82, 2.24) is 24.9 Å². The maximum absolute atomic E-state index is 11.6. The summed E-state index contributed by atoms with van der Waals surface area (Å²) in [6.45, 7) is 2.84. The Hall–Kier alpha value is -2.15. The number of fused-ring (bicyclic) bond motifs is 1. The molecule has 0 radical (unpaired) electrons. The number of aromatic amines is 1. The largest absolute Gasteiger partial charge is 0.365 e. The molecule has 3 N–H and O–H groups in total. The van der Waals surface area contributed by atoms with Gasteiger partial charge in [-0.05, 0) is 38.3 Å². The smallest absolute Gasteiger partial charge is 0.252 e. The Labute approximate surface area is 134 Å². The van der Waals surface area contributed by atoms with Gasteiger partial charge < -0.3 is 5.73 Å². The number of piperidine rings is 1. The Balaban J connectivity index is 1.57. The van der Waals surface area contributed by atoms with Crippen molar-refractivity contribution in [3.8, 4) is 0 Å². The van der Waals surface area contributed by atoms with Crippen LogP contribution in [0.5, 0.6) is 0 Å². The van der Waals surface area contributed by atoms with Gasteiger partial charge in [-0.25, -0.2) is 0 Å². The predicted molar refractivity (Wildman–Crippen MR) is 84.7 cm³/mol. The van der Waals surface area contributed by atoms with Crippen LogP contribution in [0.25, 0.3) is 0 Å². The summed E-state index contributed by atoms with van der Waals surface area (Å²) < 4.78 is 2.12. The van der Waals surface area contributed by atoms with Crippen molar-refractivity contribution in [2.24, 2.45) is 5.73 Å². The number of likely N-dealkylation sites (tertiary alicyclic amines) is 1. The fourth-order valence-electron chi connectivity index (χ4n) is 3.86. The third-order valence-corrected chi connectivity index (χ3v) is 4.96. The zero-order chi connectivity index (χ0) is 15.8. The number of nitrogens with zero attached hydrogens (tertiary/aromatic N) is 4. The monoisotopic (exact) mass is 314 g/mol. The highest BCUT2D eigenvalue weighted by Gasteiger charge is 2.29. The van der Waals surface area contributed by atoms with E-state index in [1.165, 1.54) is 24.7 Å². The number of rotatable bonds is 4. The molecule has 2 aliphatic heterocycles. The van der Waals surface area contributed by atoms with Crippen LogP contribution in [0.4, 0.5) is 0 Å². The van der Waals surface area contributed by atoms with Crippen molar-refractivity contribution < 1.29 is 4.79 Å². The number of aromatic nitrogens is 4. The number of H-pyrrole nitrogens is 1. The third kappa shape index (κ3) is 2.65. The van der Waals surface area contributed by atoms with Crippen molar-refractivity contribution in [3.63, 3.8) is 0 Å². The predicted octanol–water partition coefficient (Wildman–Crippen LogP) is 1.38. The summed E-state index contributed by atoms with van der Waals surface area (Å²) in [5, 5.41) is 11.7. The highest BCUT2D eigenvalue weighted by molar-refractivity contribution is 5.93. The lowest BCUT2D eigenvalue weighted by Crippen LogP contribution is -2.34. The van der Waals surface area contributed by atoms with Gasteiger partial charge in [0.2, 0.25) is 0 Å². The molecule has 122 valence electrons. The quantitative estimate of drug-likeness (QED) is 0.891. The SMILES string of the molecule is NC(=O)c1cn[nH]c1C1CCCCN1Cc1cc2n(n1)CCC2. The minimum absolute atomic E-state index is 0.158. The molecule has 1 saturated heterocycles. The van der Waals surface area contributed by atoms with E-state index in [-0.39, 0.29) is 6.04 Å². The molecule has 4 heterocycles. The number of hydrogen-bond donors (Lipinski definition) is 2. The Kier molecular flexibility index (Phi) is 3.65. The summed E-state index contributed by atoms with van der Waals surface area (Å²) in [4.78, 5) is 14.0. The van der Waals surface area contributed by atoms with Gasteiger partial charge in [0.05, 0.1) is 29.2 Å². The second-order valence-corrected chi connectivity index (χ2v) is 6.50. The van der Waals surface area contributed by atoms with Crippen LogP contribution >= 0.6 is 0 Å². The van der Waals surface area contributed by atoms with Crippen LogP contribution in [0.3, 0.4) is 0 Å². The first-order chi connectivity index (χ1) is 11.2. The molecule has 7 heteroatoms. The average molecular weight is 314 g/mol. The van der Waals surface area contributed by atoms with Crippen LogP contribution in [0.2, 0.25) is 0 Å². The highest BCUT2D eigenvalue weighted by Crippen LogP contribution is 2.32. The minimum atomic E-state index is -0.416. The first-order valence-corrected chi connectivity index (χ1v) is 8.35. The van der Waals surface area contributed by atoms with Crippen LogP contribution in [0.1, 0.15) is 59.2 Å². The Bertz CT molecular complexity index is 696. The molecule has 1 unspecified atom stereocenters. The van der Waals surface area contributed by atoms with Gasteiger partial charge in [0, 0.05) is 18.8 Å². The third-order valence-electron chi connectivity index (χ3n) is 4.96. The fourth-order valence-corrected chi connectivity index (χ4v) is 3.86. The van der Waals surface area contributed by atoms with Gasteiger partial charge >= 0.3 is 0 Å². The number of nitrogens with two attached hydrogens (primary N) is 1. The molecular weight excluding hydrogens is 292 g/mol. The molecule has 2 aromatic heterocycles. The van der Waals surface area contributed by atoms with E-state index in [0.29, 0.717) is 5.56 Å². The summed E-state index contributed by atoms with van der Waals surface area (Å²) in [6, 6.07) is 2.38. The topological polar surface area (TPSA) is 92.8 Å². The number of primary amides is 1. The van der Waals surface area contributed by atoms with Gasteiger partial charge in [-0.3, -0.25) is 19.5 Å². The van der Waals surface area contributed by atoms with Crippen molar-refractivity contribution in [2.45, 2.75) is 51.2 Å². The van der Waals surface area contributed by atoms with Crippen LogP contribution in [-0.4, -0.2) is 37.3 Å². The van der Waals surface area contributed by atoms with Crippen LogP contribution in [-0.2, 0) is 19.5 Å². The normalized spacial score (nSPS) is 21.5. The van der Waals surface area contributed by atoms with Gasteiger partial charge in [0.1, 0.15) is 0 Å². The molecule has 2 aromatic rings. The first-order valence-electron chi connectivity index (χ1n) is 8.35. The molecule has 0 aliphatic carbocycles. The van der Waals surface area contributed by atoms with Gasteiger partial charge in [-0.1, -0.05) is 6.42 Å². The van der Waals surface area contributed by atoms with E-state index in [1.807, 2.05) is 0 Å². The second-order valence-electron chi connectivity index (χ2n) is 6.50. The number of hydrogen-bond acceptors (Lipinski definition) is 4. The van der Waals surface area contributed by atoms with Gasteiger partial charge in [-0.2, -0.15) is 10.2 Å². The number of amides is 1. The maximum Gasteiger partial charge on any atom is 0.252 e. The lowest BCUT2D eigenvalue weighted by molar-refractivity contribution is 0.0989. The summed E-state index contributed by atoms with van der Waals surface area (Å²) >= 11 is 0. The molecule has 1 fully saturated rings. The minimum Gasteiger partial charge on any atom is -0.365 e. The average Bonchev–Trinajstić information content (AvgIpc) is 3.22. The zero-order valence-electron chi connectivity index (χ0n) is 13.2. The van der Waals surface area contributed by atoms with Crippen LogP contribution in [0.15, 0.2) is 12.3 Å². The van der Waals surface area contributed by atoms with Crippen molar-refractivity contribution >= 4 is 5.91 Å². The fraction of sp³-hybridized carbons (Fsp3) is 0.562. The number of carbonyl (C=O) groups excluding carboxylic acids is 1. The molecule has 0 bridgehead atoms. The van der Waals surface area contributed by atoms with Crippen molar-refractivity contribution in [2.75, 3.05) is 6.54 Å². The van der Waals surface area contributed by atoms with E-state index in [1.54, 1.807) is 0 Å². The molecule has 0 aromatic carbocycles. The van der Waals surface area contributed by atoms with Crippen molar-refractivity contribution in [3.05, 3.63) is 34.9 Å². The van der Waals surface area contributed by atoms with Crippen molar-refractivity contribution in [1.29, 1.82) is 0 Å². The second kappa shape index (κ2) is 5.81. The molecule has 7 nitrogen and oxygen atoms in total. The molecule has 2 aliphatic rings. The van der Waals surface area contributed by atoms with E-state index in [0.717, 1.165) is 50.3 Å². The lowest BCUT2D eigenvalue weighted by atomic mass is 9.96. The lowest BCUT2D eigenvalue weighted by Gasteiger charge is -2.34. The summed E-state index contributed by atoms with van der Waals surface area (Å²) in [7, 11) is 0. The maximum atomic E-state index is 11.6. The number of carbonyl (C=O) groups is 1. The van der Waals surface area contributed by atoms with Crippen LogP contribution in [0, 0.1) is 0 Å². The number of aryl methyl sites for hydroxylation is 2. The van der Waals surface area contributed by atoms with Gasteiger partial charge in [0.25, 0.3) is 5.91 Å². The highest BCUT2D eigenvalue weighted by atomic mass is 16.1. The zero-order valence-corrected chi connectivity index (χ0v) is 13.2. The first kappa shape index (κ1) is 14.4. The van der Waals surface area contributed by atoms with E-state index in [4.69, 9.17) is 10.8 Å². The Morgan fingerprint density at radius 2 is 2.26 bits per heavy atom. The molecule has 1 amide bonds. The Morgan fingerprint density at radius 1 is 1.35 bits per heavy atom. The Morgan fingerprint density at radius 3 is 3.09 bits per heavy atom. The molecule has 4 rings (SSSR count). The summed E-state index contributed by atoms with van der Waals surface area (Å²) in [5.41, 5.74) is 9.30. The molecular formula is C16H22N6O. The van der Waals surface area contributed by atoms with E-state index < -0.39 is 5.91 Å². The standard InChI is InChI=1S/C16H22N6O/c17-16(23)13-9-18-19-15(13)14-5-1-2-6-21(14)10-11-8-12-4-3-7-22(12)20-11/h8-9,14H,1-7,10H2,(H2,17,23)(H,18,19). The van der Waals surface area contributed by atoms with E-state index in [9.17, 15) is 4.79 Å². The summed E-state index contributed by atoms with van der Waals surface area (Å²) in [6.07, 6.45) is 7.20. The molecule has 0 spiro atoms. The molecule has 1 atom stereocenters. The van der Waals surface area contributed by atoms with Crippen LogP contribution < -0.4 is 5.73 Å². The molecule has 0 saturated carbocycles. The molecule has 23 heavy (non-hydrogen) atoms.